The summed E-state index contributed by atoms with van der Waals surface area (Å²) < 4.78 is 0. The van der Waals surface area contributed by atoms with Crippen LogP contribution >= 0.6 is 0 Å². The van der Waals surface area contributed by atoms with Gasteiger partial charge in [-0.15, -0.1) is 0 Å². The summed E-state index contributed by atoms with van der Waals surface area (Å²) in [6.45, 7) is 0. The fourth-order valence-corrected chi connectivity index (χ4v) is 0. The van der Waals surface area contributed by atoms with Crippen LogP contribution in [0.4, 0.5) is 0 Å². The van der Waals surface area contributed by atoms with Gasteiger partial charge in [-0.05, 0) is 0 Å². The van der Waals surface area contributed by atoms with Crippen LogP contribution in [0.15, 0.2) is 0 Å². The Kier molecular flexibility index (Phi) is 296. The van der Waals surface area contributed by atoms with Gasteiger partial charge in [0.15, 0.2) is 0 Å². The zero-order valence-corrected chi connectivity index (χ0v) is 4.76. The van der Waals surface area contributed by atoms with Crippen LogP contribution < -0.4 is 0 Å². The molecule has 0 saturated heterocycles. The van der Waals surface area contributed by atoms with Gasteiger partial charge in [0, 0.05) is 51.2 Å². The summed E-state index contributed by atoms with van der Waals surface area (Å²) >= 11 is 0. The van der Waals surface area contributed by atoms with Gasteiger partial charge >= 0.3 is 0 Å². The Hall–Kier alpha value is 1.52. The first-order valence-corrected chi connectivity index (χ1v) is 0. The molecular formula is H2CuFeMnO. The summed E-state index contributed by atoms with van der Waals surface area (Å²) in [7, 11) is 0. The predicted octanol–water partition coefficient (Wildman–Crippen LogP) is -0.832. The molecule has 0 aliphatic carbocycles. The average molecular weight is 192 g/mol. The van der Waals surface area contributed by atoms with Crippen molar-refractivity contribution in [2.75, 3.05) is 0 Å². The second-order valence-corrected chi connectivity index (χ2v) is 0. The molecule has 0 spiro atoms. The molecule has 0 fully saturated rings. The molecule has 0 aliphatic heterocycles. The van der Waals surface area contributed by atoms with Gasteiger partial charge in [-0.3, -0.25) is 0 Å². The van der Waals surface area contributed by atoms with Crippen LogP contribution in [0, 0.1) is 0 Å². The summed E-state index contributed by atoms with van der Waals surface area (Å²) in [4.78, 5) is 0. The molecule has 0 rings (SSSR count). The van der Waals surface area contributed by atoms with Gasteiger partial charge in [-0.2, -0.15) is 0 Å². The van der Waals surface area contributed by atoms with E-state index < -0.39 is 0 Å². The quantitative estimate of drug-likeness (QED) is 0.449. The van der Waals surface area contributed by atoms with Crippen molar-refractivity contribution in [1.29, 1.82) is 0 Å². The Labute approximate surface area is 56.6 Å². The van der Waals surface area contributed by atoms with E-state index in [2.05, 4.69) is 0 Å². The minimum Gasteiger partial charge on any atom is -0.412 e. The molecule has 0 aromatic heterocycles. The molecule has 0 amide bonds. The van der Waals surface area contributed by atoms with Crippen molar-refractivity contribution < 1.29 is 56.7 Å². The average Bonchev–Trinajstić information content (AvgIpc) is 0. The summed E-state index contributed by atoms with van der Waals surface area (Å²) in [6.07, 6.45) is 0. The van der Waals surface area contributed by atoms with Gasteiger partial charge in [0.25, 0.3) is 0 Å². The van der Waals surface area contributed by atoms with Crippen LogP contribution in [0.3, 0.4) is 0 Å². The van der Waals surface area contributed by atoms with Crippen molar-refractivity contribution in [2.45, 2.75) is 0 Å². The maximum Gasteiger partial charge on any atom is 0 e. The topological polar surface area (TPSA) is 31.5 Å². The third-order valence-corrected chi connectivity index (χ3v) is 0. The normalized spacial score (nSPS) is 0. The fourth-order valence-electron chi connectivity index (χ4n) is 0. The Morgan fingerprint density at radius 2 is 1.00 bits per heavy atom. The third-order valence-electron chi connectivity index (χ3n) is 0. The van der Waals surface area contributed by atoms with Gasteiger partial charge in [-0.25, -0.2) is 0 Å². The summed E-state index contributed by atoms with van der Waals surface area (Å²) in [5.74, 6) is 0. The van der Waals surface area contributed by atoms with E-state index in [4.69, 9.17) is 0 Å². The first-order valence-electron chi connectivity index (χ1n) is 0. The van der Waals surface area contributed by atoms with Crippen LogP contribution in [0.25, 0.3) is 0 Å². The molecule has 0 saturated carbocycles. The minimum atomic E-state index is 0. The zero-order chi connectivity index (χ0) is 0. The largest absolute Gasteiger partial charge is 0.412 e. The van der Waals surface area contributed by atoms with E-state index in [-0.39, 0.29) is 56.7 Å². The molecule has 0 heterocycles. The van der Waals surface area contributed by atoms with Crippen LogP contribution in [0.1, 0.15) is 0 Å². The molecule has 2 radical (unpaired) electrons. The number of hydrogen-bond acceptors (Lipinski definition) is 0. The van der Waals surface area contributed by atoms with E-state index in [9.17, 15) is 0 Å². The molecule has 0 aliphatic rings. The van der Waals surface area contributed by atoms with Gasteiger partial charge in [-0.1, -0.05) is 0 Å². The third kappa shape index (κ3) is 9.68. The van der Waals surface area contributed by atoms with Crippen LogP contribution in [0.2, 0.25) is 0 Å². The summed E-state index contributed by atoms with van der Waals surface area (Å²) in [5, 5.41) is 0. The summed E-state index contributed by atoms with van der Waals surface area (Å²) in [6, 6.07) is 0. The Morgan fingerprint density at radius 1 is 1.00 bits per heavy atom. The second-order valence-electron chi connectivity index (χ2n) is 0. The van der Waals surface area contributed by atoms with Crippen molar-refractivity contribution in [2.24, 2.45) is 0 Å². The fraction of sp³-hybridized carbons (Fsp3) is 0. The summed E-state index contributed by atoms with van der Waals surface area (Å²) in [5.41, 5.74) is 0. The van der Waals surface area contributed by atoms with E-state index >= 15 is 0 Å². The van der Waals surface area contributed by atoms with Crippen molar-refractivity contribution in [3.63, 3.8) is 0 Å². The van der Waals surface area contributed by atoms with Gasteiger partial charge in [0.1, 0.15) is 0 Å². The monoisotopic (exact) mass is 192 g/mol. The van der Waals surface area contributed by atoms with Gasteiger partial charge in [0.05, 0.1) is 0 Å². The van der Waals surface area contributed by atoms with Crippen molar-refractivity contribution in [3.8, 4) is 0 Å². The van der Waals surface area contributed by atoms with E-state index in [1.165, 1.54) is 0 Å². The first kappa shape index (κ1) is 48.9. The molecule has 4 heavy (non-hydrogen) atoms. The smallest absolute Gasteiger partial charge is 0 e. The standard InChI is InChI=1S/Cu.Fe.Mn.H2O/h;;;1H2. The van der Waals surface area contributed by atoms with Crippen molar-refractivity contribution in [3.05, 3.63) is 0 Å². The van der Waals surface area contributed by atoms with Crippen molar-refractivity contribution in [1.82, 2.24) is 0 Å². The number of hydrogen-bond donors (Lipinski definition) is 0. The Morgan fingerprint density at radius 3 is 1.00 bits per heavy atom. The Balaban J connectivity index is 0. The maximum atomic E-state index is 0. The second kappa shape index (κ2) is 24.3. The van der Waals surface area contributed by atoms with Crippen molar-refractivity contribution >= 4 is 0 Å². The van der Waals surface area contributed by atoms with Gasteiger partial charge in [0.2, 0.25) is 0 Å². The van der Waals surface area contributed by atoms with E-state index in [1.807, 2.05) is 0 Å². The van der Waals surface area contributed by atoms with Crippen LogP contribution in [-0.4, -0.2) is 5.48 Å². The van der Waals surface area contributed by atoms with E-state index in [0.29, 0.717) is 0 Å². The molecule has 0 bridgehead atoms. The Bertz CT molecular complexity index is 8.00. The molecule has 1 nitrogen and oxygen atoms in total. The van der Waals surface area contributed by atoms with Crippen LogP contribution in [-0.2, 0) is 51.2 Å². The molecule has 0 atom stereocenters. The first-order chi connectivity index (χ1) is 0. The van der Waals surface area contributed by atoms with Gasteiger partial charge < -0.3 is 5.48 Å². The molecule has 0 aromatic carbocycles. The maximum absolute atomic E-state index is 0. The zero-order valence-electron chi connectivity index (χ0n) is 1.53. The molecular weight excluding hydrogens is 190 g/mol. The SMILES string of the molecule is O.[Cu].[Fe].[Mn]. The van der Waals surface area contributed by atoms with E-state index in [0.717, 1.165) is 0 Å². The minimum absolute atomic E-state index is 0. The number of rotatable bonds is 0. The molecule has 34 valence electrons. The van der Waals surface area contributed by atoms with Crippen LogP contribution in [0.5, 0.6) is 0 Å². The predicted molar refractivity (Wildman–Crippen MR) is 3.61 cm³/mol. The molecule has 4 heteroatoms. The molecule has 2 N–H and O–H groups in total. The molecule has 0 aromatic rings. The molecule has 0 unspecified atom stereocenters. The van der Waals surface area contributed by atoms with E-state index in [1.54, 1.807) is 0 Å².